The van der Waals surface area contributed by atoms with E-state index in [0.29, 0.717) is 0 Å². The molecule has 0 atom stereocenters. The molecule has 0 aromatic rings. The lowest BCUT2D eigenvalue weighted by atomic mass is 9.92. The topological polar surface area (TPSA) is 43.4 Å². The number of carbonyl (C=O) groups is 2. The quantitative estimate of drug-likeness (QED) is 0.375. The molecule has 0 heterocycles. The van der Waals surface area contributed by atoms with Gasteiger partial charge in [0.1, 0.15) is 0 Å². The van der Waals surface area contributed by atoms with E-state index in [1.54, 1.807) is 0 Å². The molecule has 0 amide bonds. The highest BCUT2D eigenvalue weighted by atomic mass is 16.6. The summed E-state index contributed by atoms with van der Waals surface area (Å²) in [4.78, 5) is 22.0. The summed E-state index contributed by atoms with van der Waals surface area (Å²) >= 11 is 0. The van der Waals surface area contributed by atoms with E-state index < -0.39 is 11.9 Å². The standard InChI is InChI=1S/C10H16O3/c1-7(2)9(12)13-8(11)6-10(3,4)5/h1,6H2,2-5H3. The zero-order valence-electron chi connectivity index (χ0n) is 8.64. The molecule has 0 spiro atoms. The number of rotatable bonds is 2. The number of ether oxygens (including phenoxy) is 1. The molecule has 3 heteroatoms. The minimum atomic E-state index is -0.644. The lowest BCUT2D eigenvalue weighted by molar-refractivity contribution is -0.158. The van der Waals surface area contributed by atoms with Gasteiger partial charge in [-0.1, -0.05) is 27.4 Å². The van der Waals surface area contributed by atoms with Gasteiger partial charge in [-0.25, -0.2) is 4.79 Å². The molecule has 0 saturated carbocycles. The predicted octanol–water partition coefficient (Wildman–Crippen LogP) is 2.07. The van der Waals surface area contributed by atoms with Gasteiger partial charge in [0.05, 0.1) is 6.42 Å². The number of hydrogen-bond donors (Lipinski definition) is 0. The SMILES string of the molecule is C=C(C)C(=O)OC(=O)CC(C)(C)C. The van der Waals surface area contributed by atoms with Crippen LogP contribution >= 0.6 is 0 Å². The van der Waals surface area contributed by atoms with Crippen molar-refractivity contribution in [2.24, 2.45) is 5.41 Å². The lowest BCUT2D eigenvalue weighted by Gasteiger charge is -2.15. The Kier molecular flexibility index (Phi) is 3.85. The largest absolute Gasteiger partial charge is 0.390 e. The average molecular weight is 184 g/mol. The highest BCUT2D eigenvalue weighted by Gasteiger charge is 2.19. The van der Waals surface area contributed by atoms with Crippen molar-refractivity contribution in [3.8, 4) is 0 Å². The van der Waals surface area contributed by atoms with Crippen LogP contribution in [0.25, 0.3) is 0 Å². The van der Waals surface area contributed by atoms with Crippen molar-refractivity contribution in [2.45, 2.75) is 34.1 Å². The third kappa shape index (κ3) is 6.08. The smallest absolute Gasteiger partial charge is 0.340 e. The Morgan fingerprint density at radius 1 is 1.31 bits per heavy atom. The van der Waals surface area contributed by atoms with Crippen LogP contribution in [-0.2, 0) is 14.3 Å². The maximum absolute atomic E-state index is 11.1. The van der Waals surface area contributed by atoms with Crippen LogP contribution in [0.3, 0.4) is 0 Å². The third-order valence-electron chi connectivity index (χ3n) is 1.23. The van der Waals surface area contributed by atoms with Gasteiger partial charge in [0, 0.05) is 5.57 Å². The second-order valence-corrected chi connectivity index (χ2v) is 4.28. The van der Waals surface area contributed by atoms with Crippen molar-refractivity contribution in [3.63, 3.8) is 0 Å². The summed E-state index contributed by atoms with van der Waals surface area (Å²) in [6.45, 7) is 10.6. The summed E-state index contributed by atoms with van der Waals surface area (Å²) < 4.78 is 4.51. The van der Waals surface area contributed by atoms with Crippen molar-refractivity contribution in [2.75, 3.05) is 0 Å². The molecule has 0 aromatic heterocycles. The number of esters is 2. The molecule has 0 bridgehead atoms. The summed E-state index contributed by atoms with van der Waals surface area (Å²) in [5, 5.41) is 0. The predicted molar refractivity (Wildman–Crippen MR) is 50.0 cm³/mol. The van der Waals surface area contributed by atoms with Crippen molar-refractivity contribution in [3.05, 3.63) is 12.2 Å². The van der Waals surface area contributed by atoms with Crippen LogP contribution < -0.4 is 0 Å². The van der Waals surface area contributed by atoms with E-state index in [1.165, 1.54) is 6.92 Å². The minimum Gasteiger partial charge on any atom is -0.390 e. The Morgan fingerprint density at radius 2 is 1.77 bits per heavy atom. The van der Waals surface area contributed by atoms with Crippen molar-refractivity contribution < 1.29 is 14.3 Å². The molecular weight excluding hydrogens is 168 g/mol. The molecule has 0 fully saturated rings. The molecule has 0 aliphatic carbocycles. The summed E-state index contributed by atoms with van der Waals surface area (Å²) in [5.74, 6) is -1.14. The van der Waals surface area contributed by atoms with Gasteiger partial charge in [-0.3, -0.25) is 4.79 Å². The molecule has 0 rings (SSSR count). The molecule has 0 aliphatic heterocycles. The molecule has 0 N–H and O–H groups in total. The first kappa shape index (κ1) is 11.9. The fourth-order valence-electron chi connectivity index (χ4n) is 0.660. The summed E-state index contributed by atoms with van der Waals surface area (Å²) in [7, 11) is 0. The molecule has 3 nitrogen and oxygen atoms in total. The molecule has 0 aromatic carbocycles. The highest BCUT2D eigenvalue weighted by Crippen LogP contribution is 2.19. The molecule has 0 aliphatic rings. The Balaban J connectivity index is 4.04. The van der Waals surface area contributed by atoms with E-state index in [0.717, 1.165) is 0 Å². The molecule has 0 saturated heterocycles. The Morgan fingerprint density at radius 3 is 2.08 bits per heavy atom. The van der Waals surface area contributed by atoms with E-state index in [-0.39, 0.29) is 17.4 Å². The van der Waals surface area contributed by atoms with Gasteiger partial charge in [-0.2, -0.15) is 0 Å². The second-order valence-electron chi connectivity index (χ2n) is 4.28. The number of hydrogen-bond acceptors (Lipinski definition) is 3. The van der Waals surface area contributed by atoms with Crippen molar-refractivity contribution in [1.82, 2.24) is 0 Å². The number of carbonyl (C=O) groups excluding carboxylic acids is 2. The summed E-state index contributed by atoms with van der Waals surface area (Å²) in [5.41, 5.74) is 0.0779. The van der Waals surface area contributed by atoms with E-state index in [4.69, 9.17) is 0 Å². The fraction of sp³-hybridized carbons (Fsp3) is 0.600. The van der Waals surface area contributed by atoms with E-state index >= 15 is 0 Å². The van der Waals surface area contributed by atoms with E-state index in [1.807, 2.05) is 20.8 Å². The van der Waals surface area contributed by atoms with Gasteiger partial charge < -0.3 is 4.74 Å². The van der Waals surface area contributed by atoms with Crippen LogP contribution in [0.5, 0.6) is 0 Å². The van der Waals surface area contributed by atoms with Crippen LogP contribution in [0.15, 0.2) is 12.2 Å². The normalized spacial score (nSPS) is 10.8. The van der Waals surface area contributed by atoms with E-state index in [9.17, 15) is 9.59 Å². The zero-order valence-corrected chi connectivity index (χ0v) is 8.64. The first-order valence-corrected chi connectivity index (χ1v) is 4.13. The van der Waals surface area contributed by atoms with Gasteiger partial charge in [0.25, 0.3) is 0 Å². The van der Waals surface area contributed by atoms with Crippen LogP contribution in [0, 0.1) is 5.41 Å². The Hall–Kier alpha value is -1.12. The summed E-state index contributed by atoms with van der Waals surface area (Å²) in [6.07, 6.45) is 0.228. The van der Waals surface area contributed by atoms with Crippen LogP contribution in [0.4, 0.5) is 0 Å². The molecule has 0 radical (unpaired) electrons. The van der Waals surface area contributed by atoms with Gasteiger partial charge in [-0.05, 0) is 12.3 Å². The maximum atomic E-state index is 11.1. The Labute approximate surface area is 78.8 Å². The Bertz CT molecular complexity index is 233. The van der Waals surface area contributed by atoms with Crippen molar-refractivity contribution >= 4 is 11.9 Å². The first-order valence-electron chi connectivity index (χ1n) is 4.13. The van der Waals surface area contributed by atoms with Crippen LogP contribution in [-0.4, -0.2) is 11.9 Å². The van der Waals surface area contributed by atoms with Crippen LogP contribution in [0.2, 0.25) is 0 Å². The molecule has 0 unspecified atom stereocenters. The second kappa shape index (κ2) is 4.21. The van der Waals surface area contributed by atoms with Crippen molar-refractivity contribution in [1.29, 1.82) is 0 Å². The average Bonchev–Trinajstić information content (AvgIpc) is 1.81. The third-order valence-corrected chi connectivity index (χ3v) is 1.23. The van der Waals surface area contributed by atoms with E-state index in [2.05, 4.69) is 11.3 Å². The maximum Gasteiger partial charge on any atom is 0.340 e. The molecule has 13 heavy (non-hydrogen) atoms. The first-order chi connectivity index (χ1) is 5.72. The molecular formula is C10H16O3. The van der Waals surface area contributed by atoms with Gasteiger partial charge in [0.2, 0.25) is 0 Å². The minimum absolute atomic E-state index is 0.160. The van der Waals surface area contributed by atoms with Crippen LogP contribution in [0.1, 0.15) is 34.1 Å². The zero-order chi connectivity index (χ0) is 10.6. The van der Waals surface area contributed by atoms with Gasteiger partial charge >= 0.3 is 11.9 Å². The fourth-order valence-corrected chi connectivity index (χ4v) is 0.660. The summed E-state index contributed by atoms with van der Waals surface area (Å²) in [6, 6.07) is 0. The highest BCUT2D eigenvalue weighted by molar-refractivity contribution is 5.95. The van der Waals surface area contributed by atoms with Gasteiger partial charge in [0.15, 0.2) is 0 Å². The molecule has 74 valence electrons. The lowest BCUT2D eigenvalue weighted by Crippen LogP contribution is -2.19. The van der Waals surface area contributed by atoms with Gasteiger partial charge in [-0.15, -0.1) is 0 Å². The monoisotopic (exact) mass is 184 g/mol.